The molecule has 0 saturated carbocycles. The number of ether oxygens (including phenoxy) is 1. The van der Waals surface area contributed by atoms with Crippen LogP contribution in [-0.2, 0) is 0 Å². The lowest BCUT2D eigenvalue weighted by Gasteiger charge is -2.24. The van der Waals surface area contributed by atoms with Crippen molar-refractivity contribution in [2.75, 3.05) is 13.2 Å². The van der Waals surface area contributed by atoms with Gasteiger partial charge in [0.05, 0.1) is 18.3 Å². The van der Waals surface area contributed by atoms with Crippen LogP contribution >= 0.6 is 11.3 Å². The minimum atomic E-state index is 0.403. The number of para-hydroxylation sites is 1. The molecule has 0 spiro atoms. The van der Waals surface area contributed by atoms with Gasteiger partial charge in [-0.25, -0.2) is 4.98 Å². The summed E-state index contributed by atoms with van der Waals surface area (Å²) in [5.41, 5.74) is 2.52. The summed E-state index contributed by atoms with van der Waals surface area (Å²) in [6.07, 6.45) is 3.51. The summed E-state index contributed by atoms with van der Waals surface area (Å²) in [7, 11) is 0. The number of nitrogens with one attached hydrogen (secondary N) is 1. The SMILES string of the molecule is c1ccc2c(c1)OCCC2c1nc([C@@H]2CCCN2)cs1. The first kappa shape index (κ1) is 12.4. The summed E-state index contributed by atoms with van der Waals surface area (Å²) in [5.74, 6) is 1.43. The standard InChI is InChI=1S/C16H18N2OS/c1-2-6-15-11(4-1)12(7-9-19-15)16-18-14(10-20-16)13-5-3-8-17-13/h1-2,4,6,10,12-13,17H,3,5,7-9H2/t12?,13-/m0/s1. The highest BCUT2D eigenvalue weighted by Crippen LogP contribution is 2.39. The highest BCUT2D eigenvalue weighted by atomic mass is 32.1. The largest absolute Gasteiger partial charge is 0.493 e. The van der Waals surface area contributed by atoms with E-state index >= 15 is 0 Å². The summed E-state index contributed by atoms with van der Waals surface area (Å²) in [5, 5.41) is 7.00. The first-order valence-corrected chi connectivity index (χ1v) is 8.20. The van der Waals surface area contributed by atoms with E-state index in [1.54, 1.807) is 11.3 Å². The van der Waals surface area contributed by atoms with Crippen LogP contribution in [0.4, 0.5) is 0 Å². The Morgan fingerprint density at radius 1 is 1.25 bits per heavy atom. The lowest BCUT2D eigenvalue weighted by Crippen LogP contribution is -2.16. The molecule has 104 valence electrons. The maximum atomic E-state index is 5.75. The maximum absolute atomic E-state index is 5.75. The highest BCUT2D eigenvalue weighted by molar-refractivity contribution is 7.09. The molecule has 1 aromatic carbocycles. The fourth-order valence-corrected chi connectivity index (χ4v) is 4.18. The van der Waals surface area contributed by atoms with Gasteiger partial charge in [-0.1, -0.05) is 18.2 Å². The van der Waals surface area contributed by atoms with Crippen molar-refractivity contribution in [3.63, 3.8) is 0 Å². The predicted molar refractivity (Wildman–Crippen MR) is 80.5 cm³/mol. The molecule has 0 bridgehead atoms. The van der Waals surface area contributed by atoms with Crippen molar-refractivity contribution >= 4 is 11.3 Å². The summed E-state index contributed by atoms with van der Waals surface area (Å²) < 4.78 is 5.75. The number of thiazole rings is 1. The number of benzene rings is 1. The zero-order chi connectivity index (χ0) is 13.4. The van der Waals surface area contributed by atoms with Gasteiger partial charge < -0.3 is 10.1 Å². The van der Waals surface area contributed by atoms with Crippen molar-refractivity contribution in [1.82, 2.24) is 10.3 Å². The van der Waals surface area contributed by atoms with Crippen molar-refractivity contribution in [1.29, 1.82) is 0 Å². The van der Waals surface area contributed by atoms with Gasteiger partial charge in [-0.2, -0.15) is 0 Å². The van der Waals surface area contributed by atoms with Crippen LogP contribution in [0.2, 0.25) is 0 Å². The molecule has 1 unspecified atom stereocenters. The minimum absolute atomic E-state index is 0.403. The van der Waals surface area contributed by atoms with Gasteiger partial charge in [0.25, 0.3) is 0 Å². The molecule has 3 nitrogen and oxygen atoms in total. The van der Waals surface area contributed by atoms with Crippen LogP contribution in [0.3, 0.4) is 0 Å². The zero-order valence-electron chi connectivity index (χ0n) is 11.3. The van der Waals surface area contributed by atoms with E-state index < -0.39 is 0 Å². The summed E-state index contributed by atoms with van der Waals surface area (Å²) >= 11 is 1.80. The summed E-state index contributed by atoms with van der Waals surface area (Å²) in [6, 6.07) is 8.84. The number of hydrogen-bond acceptors (Lipinski definition) is 4. The Morgan fingerprint density at radius 3 is 3.10 bits per heavy atom. The number of aromatic nitrogens is 1. The van der Waals surface area contributed by atoms with E-state index in [-0.39, 0.29) is 0 Å². The van der Waals surface area contributed by atoms with E-state index in [9.17, 15) is 0 Å². The Hall–Kier alpha value is -1.39. The quantitative estimate of drug-likeness (QED) is 0.917. The van der Waals surface area contributed by atoms with Crippen molar-refractivity contribution in [3.8, 4) is 5.75 Å². The highest BCUT2D eigenvalue weighted by Gasteiger charge is 2.26. The molecule has 1 N–H and O–H groups in total. The van der Waals surface area contributed by atoms with E-state index in [1.165, 1.54) is 29.1 Å². The van der Waals surface area contributed by atoms with Gasteiger partial charge in [0, 0.05) is 16.9 Å². The van der Waals surface area contributed by atoms with Gasteiger partial charge in [-0.15, -0.1) is 11.3 Å². The van der Waals surface area contributed by atoms with Crippen LogP contribution < -0.4 is 10.1 Å². The Bertz CT molecular complexity index is 604. The third-order valence-electron chi connectivity index (χ3n) is 4.21. The minimum Gasteiger partial charge on any atom is -0.493 e. The van der Waals surface area contributed by atoms with Crippen LogP contribution in [0.15, 0.2) is 29.6 Å². The van der Waals surface area contributed by atoms with Crippen molar-refractivity contribution in [3.05, 3.63) is 45.9 Å². The Morgan fingerprint density at radius 2 is 2.20 bits per heavy atom. The topological polar surface area (TPSA) is 34.1 Å². The average Bonchev–Trinajstić information content (AvgIpc) is 3.17. The normalized spacial score (nSPS) is 25.2. The molecule has 0 radical (unpaired) electrons. The van der Waals surface area contributed by atoms with E-state index in [1.807, 2.05) is 6.07 Å². The van der Waals surface area contributed by atoms with Gasteiger partial charge in [-0.3, -0.25) is 0 Å². The Labute approximate surface area is 123 Å². The number of hydrogen-bond donors (Lipinski definition) is 1. The predicted octanol–water partition coefficient (Wildman–Crippen LogP) is 3.48. The number of fused-ring (bicyclic) bond motifs is 1. The van der Waals surface area contributed by atoms with Crippen molar-refractivity contribution in [2.24, 2.45) is 0 Å². The molecule has 1 aromatic heterocycles. The molecule has 2 atom stereocenters. The van der Waals surface area contributed by atoms with Gasteiger partial charge in [0.2, 0.25) is 0 Å². The zero-order valence-corrected chi connectivity index (χ0v) is 12.2. The van der Waals surface area contributed by atoms with Gasteiger partial charge >= 0.3 is 0 Å². The molecule has 2 aromatic rings. The molecule has 2 aliphatic rings. The summed E-state index contributed by atoms with van der Waals surface area (Å²) in [4.78, 5) is 4.92. The Kier molecular flexibility index (Phi) is 3.20. The first-order chi connectivity index (χ1) is 9.92. The van der Waals surface area contributed by atoms with Crippen LogP contribution in [0.1, 0.15) is 47.5 Å². The van der Waals surface area contributed by atoms with Crippen LogP contribution in [0, 0.1) is 0 Å². The molecule has 1 saturated heterocycles. The van der Waals surface area contributed by atoms with E-state index in [0.717, 1.165) is 25.3 Å². The smallest absolute Gasteiger partial charge is 0.123 e. The average molecular weight is 286 g/mol. The first-order valence-electron chi connectivity index (χ1n) is 7.32. The van der Waals surface area contributed by atoms with E-state index in [0.29, 0.717) is 12.0 Å². The second-order valence-corrected chi connectivity index (χ2v) is 6.38. The molecule has 20 heavy (non-hydrogen) atoms. The molecular weight excluding hydrogens is 268 g/mol. The van der Waals surface area contributed by atoms with Gasteiger partial charge in [-0.05, 0) is 31.9 Å². The van der Waals surface area contributed by atoms with E-state index in [4.69, 9.17) is 9.72 Å². The molecular formula is C16H18N2OS. The lowest BCUT2D eigenvalue weighted by molar-refractivity contribution is 0.276. The molecule has 4 heteroatoms. The third kappa shape index (κ3) is 2.13. The maximum Gasteiger partial charge on any atom is 0.123 e. The molecule has 3 heterocycles. The van der Waals surface area contributed by atoms with Gasteiger partial charge in [0.1, 0.15) is 10.8 Å². The van der Waals surface area contributed by atoms with Crippen LogP contribution in [-0.4, -0.2) is 18.1 Å². The molecule has 0 aliphatic carbocycles. The van der Waals surface area contributed by atoms with Crippen LogP contribution in [0.5, 0.6) is 5.75 Å². The number of nitrogens with zero attached hydrogens (tertiary/aromatic N) is 1. The monoisotopic (exact) mass is 286 g/mol. The summed E-state index contributed by atoms with van der Waals surface area (Å²) in [6.45, 7) is 1.91. The number of rotatable bonds is 2. The second kappa shape index (κ2) is 5.19. The van der Waals surface area contributed by atoms with Crippen molar-refractivity contribution in [2.45, 2.75) is 31.2 Å². The van der Waals surface area contributed by atoms with Gasteiger partial charge in [0.15, 0.2) is 0 Å². The third-order valence-corrected chi connectivity index (χ3v) is 5.19. The second-order valence-electron chi connectivity index (χ2n) is 5.49. The van der Waals surface area contributed by atoms with Crippen LogP contribution in [0.25, 0.3) is 0 Å². The fraction of sp³-hybridized carbons (Fsp3) is 0.438. The molecule has 1 fully saturated rings. The lowest BCUT2D eigenvalue weighted by atomic mass is 9.94. The molecule has 2 aliphatic heterocycles. The molecule has 0 amide bonds. The fourth-order valence-electron chi connectivity index (χ4n) is 3.16. The van der Waals surface area contributed by atoms with Crippen molar-refractivity contribution < 1.29 is 4.74 Å². The van der Waals surface area contributed by atoms with E-state index in [2.05, 4.69) is 28.9 Å². The molecule has 4 rings (SSSR count). The Balaban J connectivity index is 1.65.